The maximum absolute atomic E-state index is 12.2. The van der Waals surface area contributed by atoms with Gasteiger partial charge < -0.3 is 10.1 Å². The second kappa shape index (κ2) is 8.16. The number of hydrogen-bond acceptors (Lipinski definition) is 5. The smallest absolute Gasteiger partial charge is 0.339 e. The summed E-state index contributed by atoms with van der Waals surface area (Å²) in [5.41, 5.74) is 0.327. The zero-order valence-electron chi connectivity index (χ0n) is 13.8. The first kappa shape index (κ1) is 19.7. The van der Waals surface area contributed by atoms with E-state index in [1.165, 1.54) is 50.2 Å². The minimum Gasteiger partial charge on any atom is -0.449 e. The van der Waals surface area contributed by atoms with Gasteiger partial charge in [0.15, 0.2) is 6.10 Å². The maximum Gasteiger partial charge on any atom is 0.339 e. The van der Waals surface area contributed by atoms with E-state index in [4.69, 9.17) is 27.9 Å². The summed E-state index contributed by atoms with van der Waals surface area (Å²) in [6.45, 7) is 2.82. The Morgan fingerprint density at radius 3 is 2.38 bits per heavy atom. The molecule has 0 saturated carbocycles. The van der Waals surface area contributed by atoms with Gasteiger partial charge in [0.25, 0.3) is 11.6 Å². The average Bonchev–Trinajstić information content (AvgIpc) is 2.53. The van der Waals surface area contributed by atoms with Gasteiger partial charge in [-0.1, -0.05) is 29.3 Å². The van der Waals surface area contributed by atoms with Crippen LogP contribution < -0.4 is 5.32 Å². The molecule has 0 aromatic heterocycles. The molecule has 136 valence electrons. The second-order valence-electron chi connectivity index (χ2n) is 5.40. The van der Waals surface area contributed by atoms with Crippen LogP contribution in [0.2, 0.25) is 10.0 Å². The van der Waals surface area contributed by atoms with Crippen LogP contribution in [0.5, 0.6) is 0 Å². The normalized spacial score (nSPS) is 11.5. The predicted octanol–water partition coefficient (Wildman–Crippen LogP) is 4.39. The third-order valence-electron chi connectivity index (χ3n) is 3.50. The lowest BCUT2D eigenvalue weighted by Crippen LogP contribution is -2.30. The van der Waals surface area contributed by atoms with Crippen molar-refractivity contribution in [3.63, 3.8) is 0 Å². The Bertz CT molecular complexity index is 865. The highest BCUT2D eigenvalue weighted by Crippen LogP contribution is 2.24. The summed E-state index contributed by atoms with van der Waals surface area (Å²) in [5, 5.41) is 14.2. The topological polar surface area (TPSA) is 98.5 Å². The Balaban J connectivity index is 2.10. The van der Waals surface area contributed by atoms with Crippen molar-refractivity contribution < 1.29 is 19.2 Å². The number of rotatable bonds is 5. The highest BCUT2D eigenvalue weighted by atomic mass is 35.5. The van der Waals surface area contributed by atoms with E-state index in [2.05, 4.69) is 5.32 Å². The number of ether oxygens (including phenoxy) is 1. The number of esters is 1. The van der Waals surface area contributed by atoms with Crippen molar-refractivity contribution in [1.82, 2.24) is 0 Å². The lowest BCUT2D eigenvalue weighted by Gasteiger charge is -2.14. The summed E-state index contributed by atoms with van der Waals surface area (Å²) in [6.07, 6.45) is -1.14. The Hall–Kier alpha value is -2.64. The third kappa shape index (κ3) is 4.71. The van der Waals surface area contributed by atoms with Crippen LogP contribution in [0.1, 0.15) is 22.8 Å². The minimum atomic E-state index is -1.14. The molecule has 0 unspecified atom stereocenters. The molecule has 1 atom stereocenters. The minimum absolute atomic E-state index is 0.0182. The number of nitro groups is 1. The Labute approximate surface area is 159 Å². The number of nitro benzene ring substituents is 1. The molecule has 0 fully saturated rings. The van der Waals surface area contributed by atoms with Gasteiger partial charge in [-0.15, -0.1) is 0 Å². The number of hydrogen-bond donors (Lipinski definition) is 1. The van der Waals surface area contributed by atoms with Crippen molar-refractivity contribution in [3.8, 4) is 0 Å². The molecule has 1 N–H and O–H groups in total. The molecule has 2 rings (SSSR count). The molecular formula is C17H14Cl2N2O5. The van der Waals surface area contributed by atoms with E-state index in [9.17, 15) is 19.7 Å². The summed E-state index contributed by atoms with van der Waals surface area (Å²) in [4.78, 5) is 34.8. The standard InChI is InChI=1S/C17H14Cl2N2O5/c1-9-14(4-3-5-15(9)21(24)25)17(23)26-10(2)16(22)20-13-7-11(18)6-12(19)8-13/h3-8,10H,1-2H3,(H,20,22)/t10-/m0/s1. The van der Waals surface area contributed by atoms with E-state index in [1.807, 2.05) is 0 Å². The van der Waals surface area contributed by atoms with Crippen LogP contribution in [0.15, 0.2) is 36.4 Å². The highest BCUT2D eigenvalue weighted by Gasteiger charge is 2.23. The summed E-state index contributed by atoms with van der Waals surface area (Å²) in [7, 11) is 0. The molecule has 2 aromatic carbocycles. The van der Waals surface area contributed by atoms with Gasteiger partial charge in [0.2, 0.25) is 0 Å². The first-order valence-corrected chi connectivity index (χ1v) is 8.16. The number of amides is 1. The molecule has 26 heavy (non-hydrogen) atoms. The van der Waals surface area contributed by atoms with Gasteiger partial charge in [-0.05, 0) is 38.1 Å². The van der Waals surface area contributed by atoms with Crippen LogP contribution in [-0.2, 0) is 9.53 Å². The van der Waals surface area contributed by atoms with Crippen LogP contribution in [0.3, 0.4) is 0 Å². The number of carbonyl (C=O) groups is 2. The molecule has 0 bridgehead atoms. The Kier molecular flexibility index (Phi) is 6.18. The second-order valence-corrected chi connectivity index (χ2v) is 6.27. The first-order chi connectivity index (χ1) is 12.2. The largest absolute Gasteiger partial charge is 0.449 e. The van der Waals surface area contributed by atoms with Gasteiger partial charge in [0.05, 0.1) is 10.5 Å². The summed E-state index contributed by atoms with van der Waals surface area (Å²) >= 11 is 11.7. The van der Waals surface area contributed by atoms with E-state index < -0.39 is 22.9 Å². The molecule has 0 aliphatic carbocycles. The van der Waals surface area contributed by atoms with Gasteiger partial charge in [-0.2, -0.15) is 0 Å². The fourth-order valence-electron chi connectivity index (χ4n) is 2.19. The highest BCUT2D eigenvalue weighted by molar-refractivity contribution is 6.35. The van der Waals surface area contributed by atoms with Crippen molar-refractivity contribution in [2.75, 3.05) is 5.32 Å². The van der Waals surface area contributed by atoms with E-state index in [0.29, 0.717) is 15.7 Å². The number of nitrogens with one attached hydrogen (secondary N) is 1. The zero-order valence-corrected chi connectivity index (χ0v) is 15.3. The first-order valence-electron chi connectivity index (χ1n) is 7.41. The monoisotopic (exact) mass is 396 g/mol. The van der Waals surface area contributed by atoms with Gasteiger partial charge in [0.1, 0.15) is 0 Å². The van der Waals surface area contributed by atoms with Crippen LogP contribution in [-0.4, -0.2) is 22.9 Å². The van der Waals surface area contributed by atoms with E-state index in [1.54, 1.807) is 0 Å². The average molecular weight is 397 g/mol. The molecule has 1 amide bonds. The van der Waals surface area contributed by atoms with Crippen LogP contribution in [0.25, 0.3) is 0 Å². The predicted molar refractivity (Wildman–Crippen MR) is 97.8 cm³/mol. The van der Waals surface area contributed by atoms with Crippen LogP contribution >= 0.6 is 23.2 Å². The molecule has 0 aliphatic rings. The molecule has 0 radical (unpaired) electrons. The lowest BCUT2D eigenvalue weighted by molar-refractivity contribution is -0.385. The summed E-state index contributed by atoms with van der Waals surface area (Å²) < 4.78 is 5.11. The van der Waals surface area contributed by atoms with Crippen molar-refractivity contribution in [2.45, 2.75) is 20.0 Å². The van der Waals surface area contributed by atoms with Crippen LogP contribution in [0, 0.1) is 17.0 Å². The number of carbonyl (C=O) groups excluding carboxylic acids is 2. The molecule has 9 heteroatoms. The number of halogens is 2. The number of benzene rings is 2. The molecule has 2 aromatic rings. The van der Waals surface area contributed by atoms with Gasteiger partial charge in [-0.25, -0.2) is 4.79 Å². The fourth-order valence-corrected chi connectivity index (χ4v) is 2.72. The van der Waals surface area contributed by atoms with Crippen molar-refractivity contribution in [3.05, 3.63) is 67.7 Å². The quantitative estimate of drug-likeness (QED) is 0.458. The van der Waals surface area contributed by atoms with Crippen molar-refractivity contribution >= 4 is 46.5 Å². The van der Waals surface area contributed by atoms with E-state index >= 15 is 0 Å². The van der Waals surface area contributed by atoms with E-state index in [-0.39, 0.29) is 16.8 Å². The third-order valence-corrected chi connectivity index (χ3v) is 3.94. The van der Waals surface area contributed by atoms with Gasteiger partial charge in [-0.3, -0.25) is 14.9 Å². The summed E-state index contributed by atoms with van der Waals surface area (Å²) in [6, 6.07) is 8.54. The molecule has 0 heterocycles. The van der Waals surface area contributed by atoms with E-state index in [0.717, 1.165) is 0 Å². The Morgan fingerprint density at radius 2 is 1.81 bits per heavy atom. The van der Waals surface area contributed by atoms with Gasteiger partial charge in [0, 0.05) is 27.4 Å². The number of nitrogens with zero attached hydrogens (tertiary/aromatic N) is 1. The molecule has 7 nitrogen and oxygen atoms in total. The SMILES string of the molecule is Cc1c(C(=O)O[C@@H](C)C(=O)Nc2cc(Cl)cc(Cl)c2)cccc1[N+](=O)[O-]. The number of anilines is 1. The lowest BCUT2D eigenvalue weighted by atomic mass is 10.1. The molecule has 0 aliphatic heterocycles. The fraction of sp³-hybridized carbons (Fsp3) is 0.176. The molecular weight excluding hydrogens is 383 g/mol. The molecule has 0 spiro atoms. The van der Waals surface area contributed by atoms with Crippen LogP contribution in [0.4, 0.5) is 11.4 Å². The van der Waals surface area contributed by atoms with Crippen molar-refractivity contribution in [2.24, 2.45) is 0 Å². The molecule has 0 saturated heterocycles. The zero-order chi connectivity index (χ0) is 19.4. The summed E-state index contributed by atoms with van der Waals surface area (Å²) in [5.74, 6) is -1.43. The van der Waals surface area contributed by atoms with Crippen molar-refractivity contribution in [1.29, 1.82) is 0 Å². The maximum atomic E-state index is 12.2. The van der Waals surface area contributed by atoms with Gasteiger partial charge >= 0.3 is 5.97 Å². The Morgan fingerprint density at radius 1 is 1.19 bits per heavy atom.